The number of para-hydroxylation sites is 1. The van der Waals surface area contributed by atoms with Gasteiger partial charge in [-0.1, -0.05) is 35.9 Å². The predicted octanol–water partition coefficient (Wildman–Crippen LogP) is 4.05. The maximum Gasteiger partial charge on any atom is 0.193 e. The van der Waals surface area contributed by atoms with E-state index in [-0.39, 0.29) is 0 Å². The van der Waals surface area contributed by atoms with Gasteiger partial charge in [0.1, 0.15) is 12.4 Å². The van der Waals surface area contributed by atoms with Gasteiger partial charge in [0.25, 0.3) is 0 Å². The zero-order valence-corrected chi connectivity index (χ0v) is 10.3. The van der Waals surface area contributed by atoms with Crippen LogP contribution in [0.15, 0.2) is 42.5 Å². The average molecular weight is 259 g/mol. The molecule has 0 aliphatic rings. The number of nitrogens with zero attached hydrogens (tertiary/aromatic N) is 1. The van der Waals surface area contributed by atoms with E-state index in [0.717, 1.165) is 5.56 Å². The molecule has 90 valence electrons. The molecule has 0 amide bonds. The van der Waals surface area contributed by atoms with Crippen LogP contribution in [0.3, 0.4) is 0 Å². The zero-order valence-electron chi connectivity index (χ0n) is 9.56. The van der Waals surface area contributed by atoms with Gasteiger partial charge in [0.15, 0.2) is 5.69 Å². The van der Waals surface area contributed by atoms with Crippen molar-refractivity contribution in [2.45, 2.75) is 6.61 Å². The fourth-order valence-electron chi connectivity index (χ4n) is 1.53. The number of anilines is 1. The van der Waals surface area contributed by atoms with Crippen LogP contribution in [0.1, 0.15) is 5.56 Å². The molecule has 0 saturated heterocycles. The van der Waals surface area contributed by atoms with Crippen LogP contribution in [-0.4, -0.2) is 0 Å². The van der Waals surface area contributed by atoms with Crippen molar-refractivity contribution in [2.75, 3.05) is 5.73 Å². The lowest BCUT2D eigenvalue weighted by Crippen LogP contribution is -1.96. The van der Waals surface area contributed by atoms with Crippen molar-refractivity contribution in [2.24, 2.45) is 0 Å². The first-order chi connectivity index (χ1) is 8.70. The fourth-order valence-corrected chi connectivity index (χ4v) is 1.78. The van der Waals surface area contributed by atoms with Gasteiger partial charge in [0.05, 0.1) is 11.6 Å². The van der Waals surface area contributed by atoms with Crippen molar-refractivity contribution in [3.63, 3.8) is 0 Å². The summed E-state index contributed by atoms with van der Waals surface area (Å²) in [5.41, 5.74) is 7.61. The summed E-state index contributed by atoms with van der Waals surface area (Å²) in [7, 11) is 0. The molecule has 2 aromatic rings. The van der Waals surface area contributed by atoms with Crippen molar-refractivity contribution < 1.29 is 4.74 Å². The molecule has 0 spiro atoms. The number of hydrogen-bond donors (Lipinski definition) is 1. The molecule has 0 saturated carbocycles. The predicted molar refractivity (Wildman–Crippen MR) is 72.9 cm³/mol. The molecule has 2 N–H and O–H groups in total. The van der Waals surface area contributed by atoms with Crippen molar-refractivity contribution in [1.82, 2.24) is 0 Å². The van der Waals surface area contributed by atoms with Crippen molar-refractivity contribution in [3.05, 3.63) is 64.5 Å². The summed E-state index contributed by atoms with van der Waals surface area (Å²) in [5.74, 6) is 0.561. The molecule has 2 rings (SSSR count). The van der Waals surface area contributed by atoms with E-state index in [4.69, 9.17) is 28.6 Å². The third-order valence-electron chi connectivity index (χ3n) is 2.45. The number of hydrogen-bond acceptors (Lipinski definition) is 2. The monoisotopic (exact) mass is 258 g/mol. The van der Waals surface area contributed by atoms with Crippen LogP contribution in [-0.2, 0) is 6.61 Å². The molecule has 0 heterocycles. The first kappa shape index (κ1) is 12.3. The van der Waals surface area contributed by atoms with Crippen molar-refractivity contribution >= 4 is 23.0 Å². The highest BCUT2D eigenvalue weighted by Gasteiger charge is 2.05. The minimum atomic E-state index is 0.308. The molecular weight excluding hydrogens is 248 g/mol. The number of benzene rings is 2. The Hall–Kier alpha value is -2.18. The van der Waals surface area contributed by atoms with E-state index in [1.807, 2.05) is 18.2 Å². The summed E-state index contributed by atoms with van der Waals surface area (Å²) in [6, 6.07) is 12.4. The highest BCUT2D eigenvalue weighted by molar-refractivity contribution is 6.32. The van der Waals surface area contributed by atoms with Gasteiger partial charge < -0.3 is 10.5 Å². The minimum Gasteiger partial charge on any atom is -0.489 e. The summed E-state index contributed by atoms with van der Waals surface area (Å²) in [6.45, 7) is 7.37. The standard InChI is InChI=1S/C14H11ClN2O/c1-17-13-5-3-2-4-10(13)9-18-14-7-6-11(16)8-12(14)15/h2-8H,9,16H2. The molecule has 0 aromatic heterocycles. The van der Waals surface area contributed by atoms with E-state index in [1.165, 1.54) is 0 Å². The number of nitrogens with two attached hydrogens (primary N) is 1. The van der Waals surface area contributed by atoms with Gasteiger partial charge in [0, 0.05) is 5.69 Å². The SMILES string of the molecule is [C-]#[N+]c1ccccc1COc1ccc(N)cc1Cl. The third-order valence-corrected chi connectivity index (χ3v) is 2.75. The molecule has 0 aliphatic heterocycles. The number of ether oxygens (including phenoxy) is 1. The summed E-state index contributed by atoms with van der Waals surface area (Å²) in [5, 5.41) is 0.468. The lowest BCUT2D eigenvalue weighted by atomic mass is 10.2. The van der Waals surface area contributed by atoms with Gasteiger partial charge >= 0.3 is 0 Å². The summed E-state index contributed by atoms with van der Waals surface area (Å²) < 4.78 is 5.59. The molecule has 0 radical (unpaired) electrons. The van der Waals surface area contributed by atoms with Crippen molar-refractivity contribution in [1.29, 1.82) is 0 Å². The first-order valence-electron chi connectivity index (χ1n) is 5.34. The van der Waals surface area contributed by atoms with Crippen LogP contribution < -0.4 is 10.5 Å². The molecular formula is C14H11ClN2O. The molecule has 0 atom stereocenters. The molecule has 0 unspecified atom stereocenters. The van der Waals surface area contributed by atoms with Gasteiger partial charge in [-0.25, -0.2) is 4.85 Å². The fraction of sp³-hybridized carbons (Fsp3) is 0.0714. The lowest BCUT2D eigenvalue weighted by Gasteiger charge is -2.09. The van der Waals surface area contributed by atoms with Crippen LogP contribution in [0.2, 0.25) is 5.02 Å². The molecule has 0 bridgehead atoms. The number of rotatable bonds is 3. The van der Waals surface area contributed by atoms with E-state index in [1.54, 1.807) is 24.3 Å². The Morgan fingerprint density at radius 3 is 2.72 bits per heavy atom. The second-order valence-electron chi connectivity index (χ2n) is 3.72. The van der Waals surface area contributed by atoms with Crippen LogP contribution >= 0.6 is 11.6 Å². The largest absolute Gasteiger partial charge is 0.489 e. The number of nitrogen functional groups attached to an aromatic ring is 1. The van der Waals surface area contributed by atoms with Gasteiger partial charge in [0.2, 0.25) is 0 Å². The minimum absolute atomic E-state index is 0.308. The van der Waals surface area contributed by atoms with Crippen LogP contribution in [0.5, 0.6) is 5.75 Å². The highest BCUT2D eigenvalue weighted by atomic mass is 35.5. The molecule has 2 aromatic carbocycles. The molecule has 3 nitrogen and oxygen atoms in total. The van der Waals surface area contributed by atoms with E-state index in [2.05, 4.69) is 4.85 Å². The van der Waals surface area contributed by atoms with Gasteiger partial charge in [-0.3, -0.25) is 0 Å². The average Bonchev–Trinajstić information content (AvgIpc) is 2.38. The van der Waals surface area contributed by atoms with E-state index in [9.17, 15) is 0 Å². The first-order valence-corrected chi connectivity index (χ1v) is 5.71. The Bertz CT molecular complexity index is 605. The maximum atomic E-state index is 7.06. The molecule has 0 fully saturated rings. The van der Waals surface area contributed by atoms with Gasteiger partial charge in [-0.2, -0.15) is 0 Å². The van der Waals surface area contributed by atoms with Crippen LogP contribution in [0, 0.1) is 6.57 Å². The highest BCUT2D eigenvalue weighted by Crippen LogP contribution is 2.28. The normalized spacial score (nSPS) is 9.78. The summed E-state index contributed by atoms with van der Waals surface area (Å²) in [4.78, 5) is 3.44. The quantitative estimate of drug-likeness (QED) is 0.666. The summed E-state index contributed by atoms with van der Waals surface area (Å²) >= 11 is 6.00. The zero-order chi connectivity index (χ0) is 13.0. The van der Waals surface area contributed by atoms with E-state index in [0.29, 0.717) is 28.8 Å². The van der Waals surface area contributed by atoms with Gasteiger partial charge in [-0.15, -0.1) is 0 Å². The molecule has 18 heavy (non-hydrogen) atoms. The summed E-state index contributed by atoms with van der Waals surface area (Å²) in [6.07, 6.45) is 0. The smallest absolute Gasteiger partial charge is 0.193 e. The maximum absolute atomic E-state index is 7.06. The lowest BCUT2D eigenvalue weighted by molar-refractivity contribution is 0.307. The van der Waals surface area contributed by atoms with Crippen LogP contribution in [0.4, 0.5) is 11.4 Å². The van der Waals surface area contributed by atoms with E-state index >= 15 is 0 Å². The van der Waals surface area contributed by atoms with E-state index < -0.39 is 0 Å². The Labute approximate surface area is 111 Å². The Morgan fingerprint density at radius 2 is 2.00 bits per heavy atom. The Balaban J connectivity index is 2.14. The second-order valence-corrected chi connectivity index (χ2v) is 4.13. The molecule has 0 aliphatic carbocycles. The van der Waals surface area contributed by atoms with Crippen LogP contribution in [0.25, 0.3) is 4.85 Å². The Morgan fingerprint density at radius 1 is 1.22 bits per heavy atom. The van der Waals surface area contributed by atoms with Crippen molar-refractivity contribution in [3.8, 4) is 5.75 Å². The Kier molecular flexibility index (Phi) is 3.71. The second kappa shape index (κ2) is 5.44. The molecule has 4 heteroatoms. The van der Waals surface area contributed by atoms with Gasteiger partial charge in [-0.05, 0) is 23.8 Å². The number of halogens is 1. The third kappa shape index (κ3) is 2.73. The topological polar surface area (TPSA) is 39.6 Å².